The van der Waals surface area contributed by atoms with Crippen LogP contribution >= 0.6 is 0 Å². The second-order valence-corrected chi connectivity index (χ2v) is 7.44. The molecule has 8 heteroatoms. The molecule has 1 fully saturated rings. The lowest BCUT2D eigenvalue weighted by Gasteiger charge is -2.36. The third-order valence-corrected chi connectivity index (χ3v) is 5.32. The molecule has 3 aromatic rings. The lowest BCUT2D eigenvalue weighted by Crippen LogP contribution is -2.51. The molecule has 4 rings (SSSR count). The Morgan fingerprint density at radius 3 is 2.55 bits per heavy atom. The molecule has 2 amide bonds. The predicted molar refractivity (Wildman–Crippen MR) is 120 cm³/mol. The zero-order valence-electron chi connectivity index (χ0n) is 18.0. The van der Waals surface area contributed by atoms with Gasteiger partial charge >= 0.3 is 6.03 Å². The van der Waals surface area contributed by atoms with Crippen molar-refractivity contribution in [2.24, 2.45) is 0 Å². The zero-order chi connectivity index (χ0) is 21.6. The van der Waals surface area contributed by atoms with Gasteiger partial charge < -0.3 is 19.9 Å². The van der Waals surface area contributed by atoms with E-state index >= 15 is 0 Å². The Balaban J connectivity index is 1.38. The molecule has 8 nitrogen and oxygen atoms in total. The van der Waals surface area contributed by atoms with Crippen LogP contribution in [0.3, 0.4) is 0 Å². The zero-order valence-corrected chi connectivity index (χ0v) is 18.0. The van der Waals surface area contributed by atoms with Crippen molar-refractivity contribution in [1.29, 1.82) is 0 Å². The van der Waals surface area contributed by atoms with E-state index in [4.69, 9.17) is 4.74 Å². The Bertz CT molecular complexity index is 1010. The maximum absolute atomic E-state index is 12.5. The van der Waals surface area contributed by atoms with Crippen LogP contribution in [-0.2, 0) is 6.54 Å². The highest BCUT2D eigenvalue weighted by Crippen LogP contribution is 2.29. The summed E-state index contributed by atoms with van der Waals surface area (Å²) in [6.07, 6.45) is 1.69. The van der Waals surface area contributed by atoms with Crippen molar-refractivity contribution in [2.45, 2.75) is 20.4 Å². The first-order chi connectivity index (χ1) is 15.1. The number of urea groups is 1. The van der Waals surface area contributed by atoms with E-state index in [0.717, 1.165) is 35.8 Å². The molecule has 0 bridgehead atoms. The van der Waals surface area contributed by atoms with E-state index in [1.807, 2.05) is 61.2 Å². The van der Waals surface area contributed by atoms with Crippen molar-refractivity contribution in [3.63, 3.8) is 0 Å². The largest absolute Gasteiger partial charge is 0.492 e. The highest BCUT2D eigenvalue weighted by molar-refractivity contribution is 5.74. The van der Waals surface area contributed by atoms with Gasteiger partial charge in [0.25, 0.3) is 0 Å². The number of hydrogen-bond acceptors (Lipinski definition) is 5. The summed E-state index contributed by atoms with van der Waals surface area (Å²) in [6.45, 7) is 7.83. The number of aromatic nitrogens is 3. The van der Waals surface area contributed by atoms with Gasteiger partial charge in [-0.05, 0) is 31.5 Å². The average Bonchev–Trinajstić information content (AvgIpc) is 3.24. The molecular formula is C23H28N6O2. The molecule has 0 spiro atoms. The van der Waals surface area contributed by atoms with Gasteiger partial charge in [-0.25, -0.2) is 14.5 Å². The van der Waals surface area contributed by atoms with E-state index in [1.54, 1.807) is 11.0 Å². The standard InChI is InChI=1S/C23H28N6O2/c1-3-31-22-15-20(9-10-21(22)29-17-25-18(2)26-29)27-11-13-28(14-12-27)23(30)24-16-19-7-5-4-6-8-19/h4-10,15,17H,3,11-14,16H2,1-2H3,(H,24,30). The summed E-state index contributed by atoms with van der Waals surface area (Å²) in [5.41, 5.74) is 3.04. The normalized spacial score (nSPS) is 13.9. The molecule has 1 aliphatic heterocycles. The molecular weight excluding hydrogens is 392 g/mol. The molecule has 0 saturated carbocycles. The Morgan fingerprint density at radius 2 is 1.87 bits per heavy atom. The molecule has 2 heterocycles. The Labute approximate surface area is 182 Å². The van der Waals surface area contributed by atoms with Crippen LogP contribution in [0.25, 0.3) is 5.69 Å². The Kier molecular flexibility index (Phi) is 6.35. The van der Waals surface area contributed by atoms with Crippen LogP contribution in [0.4, 0.5) is 10.5 Å². The fourth-order valence-electron chi connectivity index (χ4n) is 3.67. The van der Waals surface area contributed by atoms with Gasteiger partial charge in [-0.3, -0.25) is 0 Å². The van der Waals surface area contributed by atoms with E-state index in [0.29, 0.717) is 32.1 Å². The first-order valence-electron chi connectivity index (χ1n) is 10.6. The number of carbonyl (C=O) groups excluding carboxylic acids is 1. The molecule has 1 saturated heterocycles. The molecule has 31 heavy (non-hydrogen) atoms. The van der Waals surface area contributed by atoms with Gasteiger partial charge in [0.2, 0.25) is 0 Å². The molecule has 1 aliphatic rings. The van der Waals surface area contributed by atoms with Crippen LogP contribution in [0.15, 0.2) is 54.9 Å². The van der Waals surface area contributed by atoms with Gasteiger partial charge in [-0.2, -0.15) is 5.10 Å². The Hall–Kier alpha value is -3.55. The van der Waals surface area contributed by atoms with Gasteiger partial charge in [0.05, 0.1) is 6.61 Å². The molecule has 162 valence electrons. The van der Waals surface area contributed by atoms with Crippen molar-refractivity contribution < 1.29 is 9.53 Å². The SMILES string of the molecule is CCOc1cc(N2CCN(C(=O)NCc3ccccc3)CC2)ccc1-n1cnc(C)n1. The highest BCUT2D eigenvalue weighted by Gasteiger charge is 2.22. The summed E-state index contributed by atoms with van der Waals surface area (Å²) < 4.78 is 7.61. The fourth-order valence-corrected chi connectivity index (χ4v) is 3.67. The highest BCUT2D eigenvalue weighted by atomic mass is 16.5. The second-order valence-electron chi connectivity index (χ2n) is 7.44. The van der Waals surface area contributed by atoms with Gasteiger partial charge in [-0.15, -0.1) is 0 Å². The van der Waals surface area contributed by atoms with Crippen molar-refractivity contribution in [2.75, 3.05) is 37.7 Å². The first kappa shape index (κ1) is 20.7. The molecule has 0 aliphatic carbocycles. The monoisotopic (exact) mass is 420 g/mol. The number of hydrogen-bond donors (Lipinski definition) is 1. The summed E-state index contributed by atoms with van der Waals surface area (Å²) in [4.78, 5) is 20.9. The second kappa shape index (κ2) is 9.51. The maximum atomic E-state index is 12.5. The van der Waals surface area contributed by atoms with E-state index in [9.17, 15) is 4.79 Å². The van der Waals surface area contributed by atoms with Gasteiger partial charge in [-0.1, -0.05) is 30.3 Å². The van der Waals surface area contributed by atoms with Crippen LogP contribution in [0.2, 0.25) is 0 Å². The number of rotatable bonds is 6. The molecule has 2 aromatic carbocycles. The predicted octanol–water partition coefficient (Wildman–Crippen LogP) is 3.01. The number of ether oxygens (including phenoxy) is 1. The number of nitrogens with zero attached hydrogens (tertiary/aromatic N) is 5. The number of aryl methyl sites for hydroxylation is 1. The van der Waals surface area contributed by atoms with E-state index < -0.39 is 0 Å². The summed E-state index contributed by atoms with van der Waals surface area (Å²) in [6, 6.07) is 16.1. The third-order valence-electron chi connectivity index (χ3n) is 5.32. The molecule has 0 unspecified atom stereocenters. The Morgan fingerprint density at radius 1 is 1.10 bits per heavy atom. The van der Waals surface area contributed by atoms with Crippen LogP contribution < -0.4 is 15.0 Å². The van der Waals surface area contributed by atoms with Crippen molar-refractivity contribution >= 4 is 11.7 Å². The molecule has 1 N–H and O–H groups in total. The summed E-state index contributed by atoms with van der Waals surface area (Å²) >= 11 is 0. The molecule has 0 atom stereocenters. The summed E-state index contributed by atoms with van der Waals surface area (Å²) in [7, 11) is 0. The average molecular weight is 421 g/mol. The maximum Gasteiger partial charge on any atom is 0.317 e. The number of carbonyl (C=O) groups is 1. The van der Waals surface area contributed by atoms with Crippen LogP contribution in [0, 0.1) is 6.92 Å². The van der Waals surface area contributed by atoms with E-state index in [2.05, 4.69) is 26.4 Å². The van der Waals surface area contributed by atoms with E-state index in [1.165, 1.54) is 0 Å². The third kappa shape index (κ3) is 4.96. The smallest absolute Gasteiger partial charge is 0.317 e. The minimum atomic E-state index is -0.0181. The number of amides is 2. The number of nitrogens with one attached hydrogen (secondary N) is 1. The number of benzene rings is 2. The lowest BCUT2D eigenvalue weighted by molar-refractivity contribution is 0.194. The fraction of sp³-hybridized carbons (Fsp3) is 0.348. The van der Waals surface area contributed by atoms with Crippen LogP contribution in [0.1, 0.15) is 18.3 Å². The van der Waals surface area contributed by atoms with Crippen molar-refractivity contribution in [3.05, 3.63) is 66.2 Å². The van der Waals surface area contributed by atoms with Crippen LogP contribution in [-0.4, -0.2) is 58.5 Å². The minimum Gasteiger partial charge on any atom is -0.492 e. The van der Waals surface area contributed by atoms with Gasteiger partial charge in [0, 0.05) is 44.5 Å². The first-order valence-corrected chi connectivity index (χ1v) is 10.6. The van der Waals surface area contributed by atoms with Gasteiger partial charge in [0.1, 0.15) is 23.6 Å². The topological polar surface area (TPSA) is 75.5 Å². The van der Waals surface area contributed by atoms with Gasteiger partial charge in [0.15, 0.2) is 0 Å². The molecule has 0 radical (unpaired) electrons. The minimum absolute atomic E-state index is 0.0181. The lowest BCUT2D eigenvalue weighted by atomic mass is 10.2. The van der Waals surface area contributed by atoms with Crippen molar-refractivity contribution in [1.82, 2.24) is 25.0 Å². The summed E-state index contributed by atoms with van der Waals surface area (Å²) in [5, 5.41) is 7.41. The quantitative estimate of drug-likeness (QED) is 0.664. The number of piperazine rings is 1. The van der Waals surface area contributed by atoms with E-state index in [-0.39, 0.29) is 6.03 Å². The molecule has 1 aromatic heterocycles. The van der Waals surface area contributed by atoms with Crippen molar-refractivity contribution in [3.8, 4) is 11.4 Å². The number of anilines is 1. The summed E-state index contributed by atoms with van der Waals surface area (Å²) in [5.74, 6) is 1.49. The van der Waals surface area contributed by atoms with Crippen LogP contribution in [0.5, 0.6) is 5.75 Å².